The highest BCUT2D eigenvalue weighted by atomic mass is 79.9. The van der Waals surface area contributed by atoms with Gasteiger partial charge in [0.15, 0.2) is 34.2 Å². The van der Waals surface area contributed by atoms with Gasteiger partial charge in [0.1, 0.15) is 43.0 Å². The second kappa shape index (κ2) is 13.2. The lowest BCUT2D eigenvalue weighted by atomic mass is 10.1. The average molecular weight is 656 g/mol. The number of nitrogens with two attached hydrogens (primary N) is 1. The van der Waals surface area contributed by atoms with Crippen LogP contribution in [0.4, 0.5) is 5.82 Å². The van der Waals surface area contributed by atoms with E-state index in [0.29, 0.717) is 0 Å². The van der Waals surface area contributed by atoms with E-state index in [1.807, 2.05) is 0 Å². The lowest BCUT2D eigenvalue weighted by Crippen LogP contribution is -2.40. The van der Waals surface area contributed by atoms with Crippen LogP contribution in [0.15, 0.2) is 11.1 Å². The molecule has 3 rings (SSSR count). The Balaban J connectivity index is 0.000000432. The van der Waals surface area contributed by atoms with E-state index in [1.54, 1.807) is 0 Å². The summed E-state index contributed by atoms with van der Waals surface area (Å²) in [6, 6.07) is 0. The number of carbonyl (C=O) groups excluding carboxylic acids is 1. The lowest BCUT2D eigenvalue weighted by Gasteiger charge is -2.18. The quantitative estimate of drug-likeness (QED) is 0.0667. The monoisotopic (exact) mass is 655 g/mol. The molecular formula is C15H24BrN5O15P2. The number of phosphoric acid groups is 2. The van der Waals surface area contributed by atoms with Crippen LogP contribution in [0.2, 0.25) is 0 Å². The molecule has 8 atom stereocenters. The summed E-state index contributed by atoms with van der Waals surface area (Å²) in [5, 5.41) is 54.5. The molecule has 0 aliphatic carbocycles. The Bertz CT molecular complexity index is 1200. The summed E-state index contributed by atoms with van der Waals surface area (Å²) >= 11 is 3.16. The Hall–Kier alpha value is -1.52. The standard InChI is InChI=1S/C10H14BrN5O10P2.C5H10O5/c11-10-15-4-7(12)13-2-14-8(4)16(10)9-6(18)5(17)3(25-9)1-24-28(22,23)26-27(19,20)21;6-1-3(8)5(10)4(9)2-7/h2-3,5-6,9,17-18H,1H2,(H,22,23)(H2,12,13,14)(H2,19,20,21);1,3-5,7-10H,2H2/t3-,5-,6-,9-;/m1./s1. The Kier molecular flexibility index (Phi) is 11.4. The maximum absolute atomic E-state index is 11.5. The van der Waals surface area contributed by atoms with Gasteiger partial charge in [0.2, 0.25) is 0 Å². The number of aliphatic hydroxyl groups excluding tert-OH is 6. The molecule has 0 radical (unpaired) electrons. The average Bonchev–Trinajstić information content (AvgIpc) is 3.31. The molecule has 20 nitrogen and oxygen atoms in total. The van der Waals surface area contributed by atoms with Crippen molar-refractivity contribution in [2.24, 2.45) is 0 Å². The maximum Gasteiger partial charge on any atom is 0.481 e. The van der Waals surface area contributed by atoms with Gasteiger partial charge in [0.05, 0.1) is 13.2 Å². The number of anilines is 1. The van der Waals surface area contributed by atoms with Crippen LogP contribution in [0.3, 0.4) is 0 Å². The van der Waals surface area contributed by atoms with Crippen LogP contribution in [-0.4, -0.2) is 121 Å². The third-order valence-corrected chi connectivity index (χ3v) is 7.45. The second-order valence-corrected chi connectivity index (χ2v) is 11.0. The molecule has 23 heteroatoms. The largest absolute Gasteiger partial charge is 0.481 e. The number of ether oxygens (including phenoxy) is 1. The number of hydrogen-bond acceptors (Lipinski definition) is 16. The van der Waals surface area contributed by atoms with Crippen LogP contribution >= 0.6 is 31.6 Å². The minimum Gasteiger partial charge on any atom is -0.394 e. The number of halogens is 1. The molecule has 0 bridgehead atoms. The summed E-state index contributed by atoms with van der Waals surface area (Å²) in [5.41, 5.74) is 6.09. The zero-order valence-electron chi connectivity index (χ0n) is 18.7. The number of carbonyl (C=O) groups is 1. The molecule has 4 unspecified atom stereocenters. The van der Waals surface area contributed by atoms with Gasteiger partial charge in [-0.2, -0.15) is 4.31 Å². The molecule has 0 spiro atoms. The van der Waals surface area contributed by atoms with Crippen LogP contribution in [-0.2, 0) is 27.5 Å². The van der Waals surface area contributed by atoms with E-state index in [4.69, 9.17) is 40.7 Å². The number of phosphoric ester groups is 1. The van der Waals surface area contributed by atoms with Gasteiger partial charge in [0, 0.05) is 0 Å². The molecule has 1 saturated heterocycles. The Morgan fingerprint density at radius 2 is 1.82 bits per heavy atom. The van der Waals surface area contributed by atoms with Crippen molar-refractivity contribution in [3.8, 4) is 0 Å². The van der Waals surface area contributed by atoms with Crippen molar-refractivity contribution in [2.75, 3.05) is 18.9 Å². The van der Waals surface area contributed by atoms with E-state index in [2.05, 4.69) is 39.7 Å². The fourth-order valence-corrected chi connectivity index (χ4v) is 5.09. The first kappa shape index (κ1) is 32.7. The van der Waals surface area contributed by atoms with E-state index in [1.165, 1.54) is 4.57 Å². The Morgan fingerprint density at radius 3 is 2.37 bits per heavy atom. The van der Waals surface area contributed by atoms with Crippen LogP contribution in [0.1, 0.15) is 6.23 Å². The number of nitrogens with zero attached hydrogens (tertiary/aromatic N) is 4. The van der Waals surface area contributed by atoms with Crippen LogP contribution in [0.5, 0.6) is 0 Å². The number of aldehydes is 1. The fourth-order valence-electron chi connectivity index (χ4n) is 2.95. The first-order chi connectivity index (χ1) is 17.5. The zero-order chi connectivity index (χ0) is 29.0. The van der Waals surface area contributed by atoms with Gasteiger partial charge in [-0.25, -0.2) is 24.1 Å². The number of imidazole rings is 1. The molecule has 0 aromatic carbocycles. The summed E-state index contributed by atoms with van der Waals surface area (Å²) in [4.78, 5) is 48.1. The minimum atomic E-state index is -5.30. The number of aliphatic hydroxyl groups is 6. The van der Waals surface area contributed by atoms with Crippen molar-refractivity contribution in [1.29, 1.82) is 0 Å². The highest BCUT2D eigenvalue weighted by molar-refractivity contribution is 9.10. The molecule has 0 amide bonds. The van der Waals surface area contributed by atoms with Gasteiger partial charge in [-0.1, -0.05) is 0 Å². The van der Waals surface area contributed by atoms with E-state index in [9.17, 15) is 29.0 Å². The summed E-state index contributed by atoms with van der Waals surface area (Å²) in [5.74, 6) is 0.0631. The predicted octanol–water partition coefficient (Wildman–Crippen LogP) is -3.72. The maximum atomic E-state index is 11.5. The first-order valence-electron chi connectivity index (χ1n) is 10.0. The number of rotatable bonds is 10. The number of fused-ring (bicyclic) bond motifs is 1. The van der Waals surface area contributed by atoms with Crippen molar-refractivity contribution in [3.63, 3.8) is 0 Å². The molecule has 2 aromatic heterocycles. The van der Waals surface area contributed by atoms with E-state index in [-0.39, 0.29) is 28.0 Å². The van der Waals surface area contributed by atoms with Crippen molar-refractivity contribution in [1.82, 2.24) is 19.5 Å². The molecule has 1 aliphatic heterocycles. The van der Waals surface area contributed by atoms with Crippen LogP contribution in [0, 0.1) is 0 Å². The molecule has 0 saturated carbocycles. The van der Waals surface area contributed by atoms with Crippen molar-refractivity contribution >= 4 is 54.8 Å². The summed E-state index contributed by atoms with van der Waals surface area (Å²) in [7, 11) is -10.5. The lowest BCUT2D eigenvalue weighted by molar-refractivity contribution is -0.127. The van der Waals surface area contributed by atoms with Gasteiger partial charge < -0.3 is 60.6 Å². The topological polar surface area (TPSA) is 331 Å². The molecule has 3 heterocycles. The minimum absolute atomic E-state index is 0.0631. The van der Waals surface area contributed by atoms with Gasteiger partial charge >= 0.3 is 15.6 Å². The highest BCUT2D eigenvalue weighted by Gasteiger charge is 2.46. The molecule has 1 aliphatic rings. The van der Waals surface area contributed by atoms with Crippen molar-refractivity contribution in [2.45, 2.75) is 42.9 Å². The molecule has 216 valence electrons. The van der Waals surface area contributed by atoms with Gasteiger partial charge in [0.25, 0.3) is 0 Å². The third-order valence-electron chi connectivity index (χ3n) is 4.74. The van der Waals surface area contributed by atoms with Gasteiger partial charge in [-0.3, -0.25) is 9.09 Å². The van der Waals surface area contributed by atoms with Crippen molar-refractivity contribution < 1.29 is 72.8 Å². The Labute approximate surface area is 220 Å². The smallest absolute Gasteiger partial charge is 0.394 e. The van der Waals surface area contributed by atoms with Crippen LogP contribution in [0.25, 0.3) is 11.2 Å². The Morgan fingerprint density at radius 1 is 1.18 bits per heavy atom. The van der Waals surface area contributed by atoms with E-state index in [0.717, 1.165) is 6.33 Å². The first-order valence-corrected chi connectivity index (χ1v) is 13.8. The highest BCUT2D eigenvalue weighted by Crippen LogP contribution is 2.57. The molecule has 38 heavy (non-hydrogen) atoms. The third kappa shape index (κ3) is 8.24. The van der Waals surface area contributed by atoms with Gasteiger partial charge in [-0.15, -0.1) is 0 Å². The van der Waals surface area contributed by atoms with Gasteiger partial charge in [-0.05, 0) is 15.9 Å². The number of hydrogen-bond donors (Lipinski definition) is 10. The zero-order valence-corrected chi connectivity index (χ0v) is 22.1. The summed E-state index contributed by atoms with van der Waals surface area (Å²) < 4.78 is 37.1. The van der Waals surface area contributed by atoms with Crippen LogP contribution < -0.4 is 5.73 Å². The van der Waals surface area contributed by atoms with E-state index >= 15 is 0 Å². The molecule has 11 N–H and O–H groups in total. The summed E-state index contributed by atoms with van der Waals surface area (Å²) in [6.45, 7) is -1.52. The van der Waals surface area contributed by atoms with Crippen molar-refractivity contribution in [3.05, 3.63) is 11.1 Å². The SMILES string of the molecule is Nc1ncnc2c1nc(Br)n2[C@@H]1O[C@H](COP(=O)(O)OP(=O)(O)O)[C@@H](O)[C@H]1O.O=CC(O)C(O)C(O)CO. The second-order valence-electron chi connectivity index (χ2n) is 7.43. The number of aromatic nitrogens is 4. The molecular weight excluding hydrogens is 632 g/mol. The molecule has 1 fully saturated rings. The summed E-state index contributed by atoms with van der Waals surface area (Å²) in [6.07, 6.45) is -9.22. The normalized spacial score (nSPS) is 25.7. The number of nitrogen functional groups attached to an aromatic ring is 1. The van der Waals surface area contributed by atoms with E-state index < -0.39 is 71.7 Å². The predicted molar refractivity (Wildman–Crippen MR) is 123 cm³/mol. The fraction of sp³-hybridized carbons (Fsp3) is 0.600. The molecule has 2 aromatic rings.